The molecule has 5 atom stereocenters. The van der Waals surface area contributed by atoms with Crippen LogP contribution in [0.3, 0.4) is 0 Å². The third kappa shape index (κ3) is 2.26. The van der Waals surface area contributed by atoms with Gasteiger partial charge in [-0.25, -0.2) is 0 Å². The van der Waals surface area contributed by atoms with Crippen LogP contribution in [0.15, 0.2) is 11.2 Å². The number of aliphatic hydroxyl groups excluding tert-OH is 3. The summed E-state index contributed by atoms with van der Waals surface area (Å²) in [5, 5.41) is 29.1. The van der Waals surface area contributed by atoms with E-state index in [0.29, 0.717) is 4.76 Å². The first kappa shape index (κ1) is 15.7. The van der Waals surface area contributed by atoms with Crippen molar-refractivity contribution >= 4 is 18.1 Å². The van der Waals surface area contributed by atoms with E-state index in [1.807, 2.05) is 0 Å². The van der Waals surface area contributed by atoms with E-state index in [0.717, 1.165) is 6.34 Å². The Morgan fingerprint density at radius 3 is 2.70 bits per heavy atom. The zero-order valence-corrected chi connectivity index (χ0v) is 11.8. The molecule has 1 saturated heterocycles. The molecule has 3 heterocycles. The largest absolute Gasteiger partial charge is 0.394 e. The SMILES string of the molecule is NC(=O)c1cn(C2OC(CO)C(O)C2O)c2c1C(N)[N+](=O)C=N2. The van der Waals surface area contributed by atoms with Crippen LogP contribution in [0.25, 0.3) is 0 Å². The molecule has 1 aromatic rings. The van der Waals surface area contributed by atoms with Crippen molar-refractivity contribution in [2.75, 3.05) is 6.61 Å². The van der Waals surface area contributed by atoms with Crippen LogP contribution in [-0.4, -0.2) is 61.8 Å². The van der Waals surface area contributed by atoms with Crippen LogP contribution in [0.4, 0.5) is 5.82 Å². The molecule has 11 nitrogen and oxygen atoms in total. The molecule has 3 rings (SSSR count). The predicted molar refractivity (Wildman–Crippen MR) is 74.7 cm³/mol. The lowest BCUT2D eigenvalue weighted by molar-refractivity contribution is -0.474. The monoisotopic (exact) mass is 326 g/mol. The molecule has 0 aromatic carbocycles. The molecule has 0 aliphatic carbocycles. The van der Waals surface area contributed by atoms with Gasteiger partial charge in [-0.1, -0.05) is 4.91 Å². The van der Waals surface area contributed by atoms with Crippen molar-refractivity contribution in [3.63, 3.8) is 0 Å². The molecule has 124 valence electrons. The van der Waals surface area contributed by atoms with Crippen molar-refractivity contribution in [3.8, 4) is 0 Å². The molecule has 0 spiro atoms. The van der Waals surface area contributed by atoms with E-state index in [1.54, 1.807) is 0 Å². The Balaban J connectivity index is 2.11. The summed E-state index contributed by atoms with van der Waals surface area (Å²) in [6.45, 7) is -0.502. The van der Waals surface area contributed by atoms with E-state index < -0.39 is 43.2 Å². The number of nitrogens with zero attached hydrogens (tertiary/aromatic N) is 3. The Bertz CT molecular complexity index is 700. The van der Waals surface area contributed by atoms with Gasteiger partial charge in [0, 0.05) is 6.20 Å². The van der Waals surface area contributed by atoms with E-state index in [-0.39, 0.29) is 16.9 Å². The number of hydrogen-bond acceptors (Lipinski definition) is 8. The number of aliphatic imine (C=N–C) groups is 1. The van der Waals surface area contributed by atoms with Crippen molar-refractivity contribution in [2.24, 2.45) is 16.5 Å². The lowest BCUT2D eigenvalue weighted by Crippen LogP contribution is -2.33. The fourth-order valence-corrected chi connectivity index (χ4v) is 2.77. The van der Waals surface area contributed by atoms with E-state index >= 15 is 0 Å². The van der Waals surface area contributed by atoms with Gasteiger partial charge in [0.1, 0.15) is 18.3 Å². The minimum absolute atomic E-state index is 0.0389. The summed E-state index contributed by atoms with van der Waals surface area (Å²) in [5.74, 6) is -0.707. The van der Waals surface area contributed by atoms with Crippen LogP contribution in [-0.2, 0) is 4.74 Å². The first-order valence-electron chi connectivity index (χ1n) is 6.79. The molecule has 7 N–H and O–H groups in total. The first-order valence-corrected chi connectivity index (χ1v) is 6.79. The summed E-state index contributed by atoms with van der Waals surface area (Å²) in [5.41, 5.74) is 11.1. The average Bonchev–Trinajstić information content (AvgIpc) is 3.03. The maximum absolute atomic E-state index is 11.6. The second-order valence-electron chi connectivity index (χ2n) is 5.33. The van der Waals surface area contributed by atoms with Crippen LogP contribution in [0.1, 0.15) is 28.3 Å². The molecule has 1 amide bonds. The fraction of sp³-hybridized carbons (Fsp3) is 0.500. The van der Waals surface area contributed by atoms with Crippen molar-refractivity contribution < 1.29 is 29.6 Å². The summed E-state index contributed by atoms with van der Waals surface area (Å²) in [6, 6.07) is 0. The number of primary amides is 1. The highest BCUT2D eigenvalue weighted by Crippen LogP contribution is 2.39. The van der Waals surface area contributed by atoms with Crippen molar-refractivity contribution in [1.29, 1.82) is 0 Å². The smallest absolute Gasteiger partial charge is 0.329 e. The highest BCUT2D eigenvalue weighted by molar-refractivity contribution is 5.96. The highest BCUT2D eigenvalue weighted by atomic mass is 16.6. The average molecular weight is 326 g/mol. The van der Waals surface area contributed by atoms with E-state index in [2.05, 4.69) is 4.99 Å². The van der Waals surface area contributed by atoms with E-state index in [9.17, 15) is 19.9 Å². The van der Waals surface area contributed by atoms with Gasteiger partial charge in [0.05, 0.1) is 17.7 Å². The number of nitrogens with two attached hydrogens (primary N) is 2. The lowest BCUT2D eigenvalue weighted by Gasteiger charge is -2.17. The number of ether oxygens (including phenoxy) is 1. The molecular formula is C12H16N5O6+. The third-order valence-electron chi connectivity index (χ3n) is 3.96. The molecule has 1 aromatic heterocycles. The van der Waals surface area contributed by atoms with Crippen LogP contribution in [0.5, 0.6) is 0 Å². The number of carbonyl (C=O) groups is 1. The van der Waals surface area contributed by atoms with Gasteiger partial charge >= 0.3 is 6.34 Å². The second kappa shape index (κ2) is 5.47. The number of aromatic nitrogens is 1. The van der Waals surface area contributed by atoms with Crippen LogP contribution >= 0.6 is 0 Å². The number of carbonyl (C=O) groups excluding carboxylic acids is 1. The van der Waals surface area contributed by atoms with Gasteiger partial charge in [-0.3, -0.25) is 15.1 Å². The lowest BCUT2D eigenvalue weighted by atomic mass is 10.1. The number of amides is 1. The zero-order valence-electron chi connectivity index (χ0n) is 11.8. The summed E-state index contributed by atoms with van der Waals surface area (Å²) < 4.78 is 7.02. The van der Waals surface area contributed by atoms with E-state index in [4.69, 9.17) is 21.3 Å². The predicted octanol–water partition coefficient (Wildman–Crippen LogP) is -2.39. The number of nitroso groups, excluding NO2 is 1. The molecule has 0 bridgehead atoms. The molecule has 0 radical (unpaired) electrons. The molecule has 5 unspecified atom stereocenters. The van der Waals surface area contributed by atoms with E-state index in [1.165, 1.54) is 10.8 Å². The minimum atomic E-state index is -1.37. The summed E-state index contributed by atoms with van der Waals surface area (Å²) in [6.07, 6.45) is -3.82. The second-order valence-corrected chi connectivity index (χ2v) is 5.33. The van der Waals surface area contributed by atoms with Gasteiger partial charge in [-0.05, 0) is 9.75 Å². The zero-order chi connectivity index (χ0) is 16.9. The van der Waals surface area contributed by atoms with Crippen molar-refractivity contribution in [1.82, 2.24) is 4.57 Å². The molecule has 11 heteroatoms. The molecular weight excluding hydrogens is 310 g/mol. The molecule has 23 heavy (non-hydrogen) atoms. The number of rotatable bonds is 3. The maximum Gasteiger partial charge on any atom is 0.329 e. The van der Waals surface area contributed by atoms with Gasteiger partial charge in [0.2, 0.25) is 6.17 Å². The van der Waals surface area contributed by atoms with Gasteiger partial charge in [0.15, 0.2) is 6.23 Å². The Morgan fingerprint density at radius 2 is 2.13 bits per heavy atom. The van der Waals surface area contributed by atoms with Crippen molar-refractivity contribution in [3.05, 3.63) is 22.2 Å². The number of hydrogen-bond donors (Lipinski definition) is 5. The highest BCUT2D eigenvalue weighted by Gasteiger charge is 2.46. The third-order valence-corrected chi connectivity index (χ3v) is 3.96. The van der Waals surface area contributed by atoms with Crippen LogP contribution < -0.4 is 11.5 Å². The normalized spacial score (nSPS) is 33.0. The topological polar surface area (TPSA) is 176 Å². The number of aliphatic hydroxyl groups is 3. The standard InChI is InChI=1S/C12H15N5O6/c13-9-6-4(10(14)21)1-16(11(6)15-3-17(9)22)12-8(20)7(19)5(2-18)23-12/h1,3,5,7-9,12,18-20H,2,13H2,(H-,14,21)/p+1. The van der Waals surface area contributed by atoms with Crippen LogP contribution in [0, 0.1) is 4.91 Å². The van der Waals surface area contributed by atoms with Gasteiger partial charge < -0.3 is 25.8 Å². The van der Waals surface area contributed by atoms with Crippen LogP contribution in [0.2, 0.25) is 0 Å². The Hall–Kier alpha value is -2.18. The molecule has 0 saturated carbocycles. The van der Waals surface area contributed by atoms with Gasteiger partial charge in [0.25, 0.3) is 11.7 Å². The summed E-state index contributed by atoms with van der Waals surface area (Å²) >= 11 is 0. The Labute approximate surface area is 129 Å². The minimum Gasteiger partial charge on any atom is -0.394 e. The van der Waals surface area contributed by atoms with Gasteiger partial charge in [-0.15, -0.1) is 0 Å². The number of fused-ring (bicyclic) bond motifs is 1. The first-order chi connectivity index (χ1) is 10.9. The summed E-state index contributed by atoms with van der Waals surface area (Å²) in [4.78, 5) is 27.1. The Kier molecular flexibility index (Phi) is 3.74. The molecule has 1 fully saturated rings. The van der Waals surface area contributed by atoms with Gasteiger partial charge in [-0.2, -0.15) is 0 Å². The Morgan fingerprint density at radius 1 is 1.43 bits per heavy atom. The maximum atomic E-state index is 11.6. The molecule has 2 aliphatic rings. The fourth-order valence-electron chi connectivity index (χ4n) is 2.77. The van der Waals surface area contributed by atoms with Crippen molar-refractivity contribution in [2.45, 2.75) is 30.7 Å². The summed E-state index contributed by atoms with van der Waals surface area (Å²) in [7, 11) is 0. The molecule has 2 aliphatic heterocycles. The quantitative estimate of drug-likeness (QED) is 0.385.